The highest BCUT2D eigenvalue weighted by atomic mass is 19.1. The zero-order chi connectivity index (χ0) is 15.8. The fourth-order valence-electron chi connectivity index (χ4n) is 4.19. The fraction of sp³-hybridized carbons (Fsp3) is 0.611. The van der Waals surface area contributed by atoms with E-state index in [0.717, 1.165) is 44.3 Å². The Hall–Kier alpha value is -1.62. The maximum Gasteiger partial charge on any atom is 0.315 e. The van der Waals surface area contributed by atoms with Crippen LogP contribution >= 0.6 is 0 Å². The maximum absolute atomic E-state index is 13.3. The molecule has 1 aliphatic heterocycles. The Kier molecular flexibility index (Phi) is 3.97. The van der Waals surface area contributed by atoms with Gasteiger partial charge in [-0.1, -0.05) is 12.1 Å². The number of benzene rings is 1. The van der Waals surface area contributed by atoms with Gasteiger partial charge in [-0.15, -0.1) is 0 Å². The Bertz CT molecular complexity index is 594. The predicted octanol–water partition coefficient (Wildman–Crippen LogP) is 2.94. The molecule has 1 heterocycles. The topological polar surface area (TPSA) is 50.4 Å². The molecule has 5 atom stereocenters. The molecule has 3 aliphatic rings. The number of carbonyl (C=O) groups is 1. The zero-order valence-corrected chi connectivity index (χ0v) is 13.1. The van der Waals surface area contributed by atoms with Crippen molar-refractivity contribution < 1.29 is 13.9 Å². The number of fused-ring (bicyclic) bond motifs is 1. The molecule has 0 aromatic heterocycles. The number of carbonyl (C=O) groups excluding carboxylic acids is 1. The highest BCUT2D eigenvalue weighted by molar-refractivity contribution is 5.75. The van der Waals surface area contributed by atoms with E-state index in [0.29, 0.717) is 12.0 Å². The van der Waals surface area contributed by atoms with Crippen molar-refractivity contribution in [1.82, 2.24) is 10.6 Å². The van der Waals surface area contributed by atoms with E-state index < -0.39 is 0 Å². The van der Waals surface area contributed by atoms with Crippen molar-refractivity contribution in [2.75, 3.05) is 6.61 Å². The lowest BCUT2D eigenvalue weighted by molar-refractivity contribution is 0.0549. The average molecular weight is 318 g/mol. The minimum atomic E-state index is -0.216. The first-order chi connectivity index (χ1) is 11.2. The summed E-state index contributed by atoms with van der Waals surface area (Å²) in [6, 6.07) is 6.91. The quantitative estimate of drug-likeness (QED) is 0.900. The van der Waals surface area contributed by atoms with Crippen molar-refractivity contribution in [2.24, 2.45) is 5.92 Å². The molecule has 23 heavy (non-hydrogen) atoms. The SMILES string of the molecule is O=C(N[C@@H]1CCC[C@@H]2OCC[C@H]21)N[C@@H]1C[C@@H]1c1cccc(F)c1. The Labute approximate surface area is 135 Å². The molecule has 124 valence electrons. The second kappa shape index (κ2) is 6.11. The summed E-state index contributed by atoms with van der Waals surface area (Å²) in [6.45, 7) is 0.819. The van der Waals surface area contributed by atoms with Crippen LogP contribution in [-0.4, -0.2) is 30.8 Å². The van der Waals surface area contributed by atoms with Crippen LogP contribution < -0.4 is 10.6 Å². The largest absolute Gasteiger partial charge is 0.378 e. The predicted molar refractivity (Wildman–Crippen MR) is 84.7 cm³/mol. The molecule has 5 heteroatoms. The van der Waals surface area contributed by atoms with Crippen LogP contribution in [0.4, 0.5) is 9.18 Å². The smallest absolute Gasteiger partial charge is 0.315 e. The van der Waals surface area contributed by atoms with Crippen LogP contribution in [0.25, 0.3) is 0 Å². The second-order valence-corrected chi connectivity index (χ2v) is 7.02. The molecule has 2 aliphatic carbocycles. The first-order valence-electron chi connectivity index (χ1n) is 8.65. The van der Waals surface area contributed by atoms with Crippen molar-refractivity contribution >= 4 is 6.03 Å². The number of ether oxygens (including phenoxy) is 1. The van der Waals surface area contributed by atoms with E-state index in [4.69, 9.17) is 4.74 Å². The minimum Gasteiger partial charge on any atom is -0.378 e. The van der Waals surface area contributed by atoms with Crippen molar-refractivity contribution in [3.8, 4) is 0 Å². The minimum absolute atomic E-state index is 0.0912. The maximum atomic E-state index is 13.3. The second-order valence-electron chi connectivity index (χ2n) is 7.02. The lowest BCUT2D eigenvalue weighted by Gasteiger charge is -2.33. The third-order valence-corrected chi connectivity index (χ3v) is 5.48. The Morgan fingerprint density at radius 1 is 1.17 bits per heavy atom. The van der Waals surface area contributed by atoms with Gasteiger partial charge in [-0.2, -0.15) is 0 Å². The summed E-state index contributed by atoms with van der Waals surface area (Å²) in [4.78, 5) is 12.3. The van der Waals surface area contributed by atoms with Gasteiger partial charge in [0.1, 0.15) is 5.82 Å². The third-order valence-electron chi connectivity index (χ3n) is 5.48. The van der Waals surface area contributed by atoms with Gasteiger partial charge in [-0.25, -0.2) is 9.18 Å². The Morgan fingerprint density at radius 2 is 2.04 bits per heavy atom. The number of urea groups is 1. The fourth-order valence-corrected chi connectivity index (χ4v) is 4.19. The van der Waals surface area contributed by atoms with Crippen LogP contribution in [0, 0.1) is 11.7 Å². The van der Waals surface area contributed by atoms with E-state index in [1.165, 1.54) is 6.07 Å². The summed E-state index contributed by atoms with van der Waals surface area (Å²) in [6.07, 6.45) is 5.53. The van der Waals surface area contributed by atoms with Crippen LogP contribution in [0.2, 0.25) is 0 Å². The molecule has 0 radical (unpaired) electrons. The summed E-state index contributed by atoms with van der Waals surface area (Å²) in [5.74, 6) is 0.491. The van der Waals surface area contributed by atoms with E-state index in [1.807, 2.05) is 6.07 Å². The molecule has 4 nitrogen and oxygen atoms in total. The lowest BCUT2D eigenvalue weighted by atomic mass is 9.82. The summed E-state index contributed by atoms with van der Waals surface area (Å²) in [5, 5.41) is 6.18. The van der Waals surface area contributed by atoms with Gasteiger partial charge in [0.15, 0.2) is 0 Å². The number of hydrogen-bond acceptors (Lipinski definition) is 2. The van der Waals surface area contributed by atoms with Gasteiger partial charge < -0.3 is 15.4 Å². The van der Waals surface area contributed by atoms with E-state index in [2.05, 4.69) is 10.6 Å². The molecule has 1 aromatic carbocycles. The van der Waals surface area contributed by atoms with Gasteiger partial charge in [0, 0.05) is 30.5 Å². The van der Waals surface area contributed by atoms with Gasteiger partial charge in [0.25, 0.3) is 0 Å². The first-order valence-corrected chi connectivity index (χ1v) is 8.65. The van der Waals surface area contributed by atoms with Gasteiger partial charge in [-0.05, 0) is 49.8 Å². The van der Waals surface area contributed by atoms with E-state index >= 15 is 0 Å². The molecular formula is C18H23FN2O2. The molecule has 4 rings (SSSR count). The summed E-state index contributed by atoms with van der Waals surface area (Å²) >= 11 is 0. The molecule has 0 unspecified atom stereocenters. The molecule has 0 bridgehead atoms. The van der Waals surface area contributed by atoms with Gasteiger partial charge in [-0.3, -0.25) is 0 Å². The highest BCUT2D eigenvalue weighted by Gasteiger charge is 2.41. The van der Waals surface area contributed by atoms with E-state index in [-0.39, 0.29) is 29.8 Å². The van der Waals surface area contributed by atoms with Crippen molar-refractivity contribution in [1.29, 1.82) is 0 Å². The van der Waals surface area contributed by atoms with Crippen molar-refractivity contribution in [2.45, 2.75) is 56.2 Å². The molecule has 2 saturated carbocycles. The van der Waals surface area contributed by atoms with Gasteiger partial charge in [0.05, 0.1) is 6.10 Å². The Balaban J connectivity index is 1.29. The number of halogens is 1. The van der Waals surface area contributed by atoms with Crippen LogP contribution in [-0.2, 0) is 4.74 Å². The van der Waals surface area contributed by atoms with E-state index in [1.54, 1.807) is 12.1 Å². The number of nitrogens with one attached hydrogen (secondary N) is 2. The van der Waals surface area contributed by atoms with Gasteiger partial charge in [0.2, 0.25) is 0 Å². The zero-order valence-electron chi connectivity index (χ0n) is 13.1. The number of rotatable bonds is 3. The van der Waals surface area contributed by atoms with E-state index in [9.17, 15) is 9.18 Å². The summed E-state index contributed by atoms with van der Waals surface area (Å²) in [5.41, 5.74) is 0.970. The monoisotopic (exact) mass is 318 g/mol. The van der Waals surface area contributed by atoms with Crippen LogP contribution in [0.5, 0.6) is 0 Å². The molecule has 0 spiro atoms. The number of hydrogen-bond donors (Lipinski definition) is 2. The first kappa shape index (κ1) is 14.9. The number of amides is 2. The van der Waals surface area contributed by atoms with Crippen molar-refractivity contribution in [3.63, 3.8) is 0 Å². The third kappa shape index (κ3) is 3.20. The molecular weight excluding hydrogens is 295 g/mol. The van der Waals surface area contributed by atoms with Crippen LogP contribution in [0.3, 0.4) is 0 Å². The highest BCUT2D eigenvalue weighted by Crippen LogP contribution is 2.41. The average Bonchev–Trinajstić information content (AvgIpc) is 3.11. The van der Waals surface area contributed by atoms with Crippen molar-refractivity contribution in [3.05, 3.63) is 35.6 Å². The van der Waals surface area contributed by atoms with Crippen LogP contribution in [0.1, 0.15) is 43.6 Å². The lowest BCUT2D eigenvalue weighted by Crippen LogP contribution is -2.49. The Morgan fingerprint density at radius 3 is 2.91 bits per heavy atom. The molecule has 2 amide bonds. The van der Waals surface area contributed by atoms with Crippen LogP contribution in [0.15, 0.2) is 24.3 Å². The van der Waals surface area contributed by atoms with Gasteiger partial charge >= 0.3 is 6.03 Å². The summed E-state index contributed by atoms with van der Waals surface area (Å²) in [7, 11) is 0. The molecule has 2 N–H and O–H groups in total. The molecule has 3 fully saturated rings. The molecule has 1 aromatic rings. The standard InChI is InChI=1S/C18H23FN2O2/c19-12-4-1-3-11(9-12)14-10-16(14)21-18(22)20-15-5-2-6-17-13(15)7-8-23-17/h1,3-4,9,13-17H,2,5-8,10H2,(H2,20,21,22)/t13-,14+,15+,16+,17-/m0/s1. The normalized spacial score (nSPS) is 35.4. The molecule has 1 saturated heterocycles. The summed E-state index contributed by atoms with van der Waals surface area (Å²) < 4.78 is 19.0.